The predicted octanol–water partition coefficient (Wildman–Crippen LogP) is 4.91. The molecule has 6 heteroatoms. The van der Waals surface area contributed by atoms with Gasteiger partial charge in [-0.15, -0.1) is 0 Å². The summed E-state index contributed by atoms with van der Waals surface area (Å²) in [6.45, 7) is 0.374. The van der Waals surface area contributed by atoms with Crippen molar-refractivity contribution in [1.82, 2.24) is 15.5 Å². The first-order chi connectivity index (χ1) is 14.7. The minimum absolute atomic E-state index is 0.222. The largest absolute Gasteiger partial charge is 0.495 e. The third-order valence-electron chi connectivity index (χ3n) is 5.19. The molecule has 0 aliphatic rings. The molecular weight excluding hydrogens is 378 g/mol. The second kappa shape index (κ2) is 7.40. The van der Waals surface area contributed by atoms with E-state index in [0.717, 1.165) is 38.5 Å². The molecule has 5 rings (SSSR count). The maximum absolute atomic E-state index is 12.9. The molecule has 1 amide bonds. The van der Waals surface area contributed by atoms with Gasteiger partial charge in [0.15, 0.2) is 0 Å². The number of carbonyl (C=O) groups is 1. The number of nitrogens with one attached hydrogen (secondary N) is 2. The average molecular weight is 397 g/mol. The van der Waals surface area contributed by atoms with Crippen molar-refractivity contribution < 1.29 is 13.9 Å². The van der Waals surface area contributed by atoms with Gasteiger partial charge in [0.2, 0.25) is 0 Å². The fourth-order valence-corrected chi connectivity index (χ4v) is 3.69. The smallest absolute Gasteiger partial charge is 0.255 e. The molecule has 0 saturated carbocycles. The van der Waals surface area contributed by atoms with E-state index >= 15 is 0 Å². The SMILES string of the molecule is COc1c(C(=O)NCc2ccoc2)ccc2[nH]nc(-c3ccc4ccccc4c3)c12. The lowest BCUT2D eigenvalue weighted by Gasteiger charge is -2.11. The Hall–Kier alpha value is -4.06. The molecule has 2 heterocycles. The van der Waals surface area contributed by atoms with Gasteiger partial charge in [-0.1, -0.05) is 36.4 Å². The zero-order valence-corrected chi connectivity index (χ0v) is 16.3. The Balaban J connectivity index is 1.58. The maximum Gasteiger partial charge on any atom is 0.255 e. The maximum atomic E-state index is 12.9. The number of carbonyl (C=O) groups excluding carboxylic acids is 1. The van der Waals surface area contributed by atoms with Gasteiger partial charge in [-0.25, -0.2) is 0 Å². The molecule has 2 N–H and O–H groups in total. The molecule has 0 unspecified atom stereocenters. The van der Waals surface area contributed by atoms with Crippen LogP contribution in [0.3, 0.4) is 0 Å². The Morgan fingerprint density at radius 1 is 1.10 bits per heavy atom. The van der Waals surface area contributed by atoms with Crippen LogP contribution in [-0.2, 0) is 6.54 Å². The molecule has 6 nitrogen and oxygen atoms in total. The van der Waals surface area contributed by atoms with E-state index in [0.29, 0.717) is 17.9 Å². The van der Waals surface area contributed by atoms with Gasteiger partial charge in [0.25, 0.3) is 5.91 Å². The standard InChI is InChI=1S/C24H19N3O3/c1-29-23-19(24(28)25-13-15-10-11-30-14-15)8-9-20-21(23)22(27-26-20)18-7-6-16-4-2-3-5-17(16)12-18/h2-12,14H,13H2,1H3,(H,25,28)(H,26,27). The monoisotopic (exact) mass is 397 g/mol. The molecule has 2 aromatic heterocycles. The molecule has 0 fully saturated rings. The zero-order chi connectivity index (χ0) is 20.5. The molecule has 148 valence electrons. The van der Waals surface area contributed by atoms with Crippen LogP contribution >= 0.6 is 0 Å². The topological polar surface area (TPSA) is 80.1 Å². The number of furan rings is 1. The van der Waals surface area contributed by atoms with E-state index in [1.807, 2.05) is 30.3 Å². The van der Waals surface area contributed by atoms with E-state index in [1.54, 1.807) is 25.7 Å². The van der Waals surface area contributed by atoms with E-state index in [1.165, 1.54) is 0 Å². The first-order valence-electron chi connectivity index (χ1n) is 9.58. The Morgan fingerprint density at radius 3 is 2.77 bits per heavy atom. The highest BCUT2D eigenvalue weighted by Gasteiger charge is 2.20. The highest BCUT2D eigenvalue weighted by Crippen LogP contribution is 2.37. The van der Waals surface area contributed by atoms with Crippen LogP contribution in [-0.4, -0.2) is 23.2 Å². The van der Waals surface area contributed by atoms with Crippen molar-refractivity contribution in [2.45, 2.75) is 6.54 Å². The second-order valence-electron chi connectivity index (χ2n) is 7.02. The third-order valence-corrected chi connectivity index (χ3v) is 5.19. The molecule has 30 heavy (non-hydrogen) atoms. The van der Waals surface area contributed by atoms with Gasteiger partial charge in [-0.05, 0) is 35.0 Å². The molecule has 0 bridgehead atoms. The number of hydrogen-bond donors (Lipinski definition) is 2. The Morgan fingerprint density at radius 2 is 1.97 bits per heavy atom. The van der Waals surface area contributed by atoms with Gasteiger partial charge in [0.05, 0.1) is 36.1 Å². The summed E-state index contributed by atoms with van der Waals surface area (Å²) in [5.41, 5.74) is 3.85. The molecule has 3 aromatic carbocycles. The number of aromatic amines is 1. The van der Waals surface area contributed by atoms with Crippen LogP contribution in [0.1, 0.15) is 15.9 Å². The molecule has 0 aliphatic carbocycles. The van der Waals surface area contributed by atoms with E-state index in [4.69, 9.17) is 9.15 Å². The molecule has 0 atom stereocenters. The first kappa shape index (κ1) is 18.0. The number of amides is 1. The highest BCUT2D eigenvalue weighted by molar-refractivity contribution is 6.07. The summed E-state index contributed by atoms with van der Waals surface area (Å²) in [6.07, 6.45) is 3.18. The summed E-state index contributed by atoms with van der Waals surface area (Å²) < 4.78 is 10.7. The summed E-state index contributed by atoms with van der Waals surface area (Å²) in [4.78, 5) is 12.9. The number of ether oxygens (including phenoxy) is 1. The van der Waals surface area contributed by atoms with Crippen LogP contribution in [0.15, 0.2) is 77.6 Å². The average Bonchev–Trinajstić information content (AvgIpc) is 3.46. The second-order valence-corrected chi connectivity index (χ2v) is 7.02. The van der Waals surface area contributed by atoms with Crippen molar-refractivity contribution in [1.29, 1.82) is 0 Å². The van der Waals surface area contributed by atoms with Crippen LogP contribution in [0.5, 0.6) is 5.75 Å². The number of nitrogens with zero attached hydrogens (tertiary/aromatic N) is 1. The Labute approximate surface area is 172 Å². The summed E-state index contributed by atoms with van der Waals surface area (Å²) in [5.74, 6) is 0.273. The number of rotatable bonds is 5. The molecule has 0 aliphatic heterocycles. The van der Waals surface area contributed by atoms with Gasteiger partial charge in [0, 0.05) is 17.7 Å². The fraction of sp³-hybridized carbons (Fsp3) is 0.0833. The summed E-state index contributed by atoms with van der Waals surface area (Å²) in [5, 5.41) is 13.5. The molecule has 0 radical (unpaired) electrons. The Bertz CT molecular complexity index is 1350. The Kier molecular flexibility index (Phi) is 4.44. The van der Waals surface area contributed by atoms with E-state index in [-0.39, 0.29) is 5.91 Å². The van der Waals surface area contributed by atoms with Crippen molar-refractivity contribution in [3.05, 3.63) is 84.3 Å². The summed E-state index contributed by atoms with van der Waals surface area (Å²) >= 11 is 0. The van der Waals surface area contributed by atoms with Crippen molar-refractivity contribution in [3.8, 4) is 17.0 Å². The molecular formula is C24H19N3O3. The fourth-order valence-electron chi connectivity index (χ4n) is 3.69. The molecule has 5 aromatic rings. The summed E-state index contributed by atoms with van der Waals surface area (Å²) in [7, 11) is 1.57. The van der Waals surface area contributed by atoms with Crippen LogP contribution in [0.2, 0.25) is 0 Å². The highest BCUT2D eigenvalue weighted by atomic mass is 16.5. The first-order valence-corrected chi connectivity index (χ1v) is 9.58. The molecule has 0 saturated heterocycles. The number of aromatic nitrogens is 2. The lowest BCUT2D eigenvalue weighted by Crippen LogP contribution is -2.23. The van der Waals surface area contributed by atoms with Crippen LogP contribution in [0.4, 0.5) is 0 Å². The van der Waals surface area contributed by atoms with E-state index in [2.05, 4.69) is 39.8 Å². The number of H-pyrrole nitrogens is 1. The van der Waals surface area contributed by atoms with Crippen molar-refractivity contribution in [3.63, 3.8) is 0 Å². The number of benzene rings is 3. The van der Waals surface area contributed by atoms with Gasteiger partial charge in [-0.3, -0.25) is 9.89 Å². The number of fused-ring (bicyclic) bond motifs is 2. The van der Waals surface area contributed by atoms with Gasteiger partial charge >= 0.3 is 0 Å². The van der Waals surface area contributed by atoms with Gasteiger partial charge < -0.3 is 14.5 Å². The zero-order valence-electron chi connectivity index (χ0n) is 16.3. The van der Waals surface area contributed by atoms with Crippen LogP contribution in [0.25, 0.3) is 32.9 Å². The van der Waals surface area contributed by atoms with E-state index in [9.17, 15) is 4.79 Å². The quantitative estimate of drug-likeness (QED) is 0.441. The lowest BCUT2D eigenvalue weighted by molar-refractivity contribution is 0.0948. The van der Waals surface area contributed by atoms with Crippen LogP contribution in [0, 0.1) is 0 Å². The van der Waals surface area contributed by atoms with E-state index < -0.39 is 0 Å². The molecule has 0 spiro atoms. The van der Waals surface area contributed by atoms with Crippen molar-refractivity contribution >= 4 is 27.6 Å². The third kappa shape index (κ3) is 3.08. The minimum atomic E-state index is -0.222. The number of methoxy groups -OCH3 is 1. The van der Waals surface area contributed by atoms with Crippen molar-refractivity contribution in [2.24, 2.45) is 0 Å². The van der Waals surface area contributed by atoms with Crippen molar-refractivity contribution in [2.75, 3.05) is 7.11 Å². The predicted molar refractivity (Wildman–Crippen MR) is 115 cm³/mol. The van der Waals surface area contributed by atoms with Gasteiger partial charge in [0.1, 0.15) is 11.4 Å². The van der Waals surface area contributed by atoms with Crippen LogP contribution < -0.4 is 10.1 Å². The number of hydrogen-bond acceptors (Lipinski definition) is 4. The van der Waals surface area contributed by atoms with Gasteiger partial charge in [-0.2, -0.15) is 5.10 Å². The normalized spacial score (nSPS) is 11.1. The summed E-state index contributed by atoms with van der Waals surface area (Å²) in [6, 6.07) is 19.8. The lowest BCUT2D eigenvalue weighted by atomic mass is 10.0. The minimum Gasteiger partial charge on any atom is -0.495 e.